The van der Waals surface area contributed by atoms with Crippen molar-refractivity contribution in [3.63, 3.8) is 0 Å². The van der Waals surface area contributed by atoms with Gasteiger partial charge >= 0.3 is 5.97 Å². The third kappa shape index (κ3) is 4.00. The van der Waals surface area contributed by atoms with Crippen molar-refractivity contribution in [1.82, 2.24) is 5.32 Å². The van der Waals surface area contributed by atoms with Crippen LogP contribution in [0.3, 0.4) is 0 Å². The third-order valence-electron chi connectivity index (χ3n) is 3.62. The first-order chi connectivity index (χ1) is 7.89. The van der Waals surface area contributed by atoms with Crippen LogP contribution in [0.2, 0.25) is 0 Å². The molecule has 0 aromatic heterocycles. The maximum absolute atomic E-state index is 11.6. The molecule has 0 spiro atoms. The van der Waals surface area contributed by atoms with Crippen LogP contribution in [0, 0.1) is 11.3 Å². The van der Waals surface area contributed by atoms with E-state index in [0.717, 1.165) is 12.8 Å². The molecule has 1 aliphatic carbocycles. The smallest absolute Gasteiger partial charge is 0.311 e. The lowest BCUT2D eigenvalue weighted by Gasteiger charge is -2.23. The SMILES string of the molecule is CCC(C)(CNC(=O)CC(N)C1CC1)C(=O)O. The lowest BCUT2D eigenvalue weighted by molar-refractivity contribution is -0.148. The predicted octanol–water partition coefficient (Wildman–Crippen LogP) is 0.731. The summed E-state index contributed by atoms with van der Waals surface area (Å²) >= 11 is 0. The fourth-order valence-electron chi connectivity index (χ4n) is 1.62. The van der Waals surface area contributed by atoms with Gasteiger partial charge < -0.3 is 16.2 Å². The Kier molecular flexibility index (Phi) is 4.51. The maximum atomic E-state index is 11.6. The normalized spacial score (nSPS) is 20.4. The van der Waals surface area contributed by atoms with E-state index in [9.17, 15) is 9.59 Å². The van der Waals surface area contributed by atoms with Crippen molar-refractivity contribution >= 4 is 11.9 Å². The molecular formula is C12H22N2O3. The maximum Gasteiger partial charge on any atom is 0.311 e. The van der Waals surface area contributed by atoms with E-state index in [1.54, 1.807) is 13.8 Å². The summed E-state index contributed by atoms with van der Waals surface area (Å²) in [4.78, 5) is 22.6. The number of amides is 1. The monoisotopic (exact) mass is 242 g/mol. The van der Waals surface area contributed by atoms with Gasteiger partial charge in [-0.3, -0.25) is 9.59 Å². The Morgan fingerprint density at radius 1 is 1.53 bits per heavy atom. The van der Waals surface area contributed by atoms with Crippen molar-refractivity contribution in [2.45, 2.75) is 45.6 Å². The Morgan fingerprint density at radius 2 is 2.12 bits per heavy atom. The largest absolute Gasteiger partial charge is 0.481 e. The van der Waals surface area contributed by atoms with E-state index in [2.05, 4.69) is 5.32 Å². The highest BCUT2D eigenvalue weighted by Crippen LogP contribution is 2.32. The zero-order chi connectivity index (χ0) is 13.1. The molecule has 1 fully saturated rings. The van der Waals surface area contributed by atoms with E-state index in [1.165, 1.54) is 0 Å². The van der Waals surface area contributed by atoms with Gasteiger partial charge in [0.2, 0.25) is 5.91 Å². The topological polar surface area (TPSA) is 92.4 Å². The van der Waals surface area contributed by atoms with Gasteiger partial charge in [0.1, 0.15) is 0 Å². The van der Waals surface area contributed by atoms with Gasteiger partial charge in [-0.15, -0.1) is 0 Å². The molecule has 2 atom stereocenters. The lowest BCUT2D eigenvalue weighted by atomic mass is 9.87. The number of nitrogens with two attached hydrogens (primary N) is 1. The summed E-state index contributed by atoms with van der Waals surface area (Å²) in [5, 5.41) is 11.7. The number of hydrogen-bond donors (Lipinski definition) is 3. The van der Waals surface area contributed by atoms with E-state index in [4.69, 9.17) is 10.8 Å². The number of carbonyl (C=O) groups is 2. The molecule has 1 saturated carbocycles. The van der Waals surface area contributed by atoms with E-state index in [1.807, 2.05) is 0 Å². The molecule has 17 heavy (non-hydrogen) atoms. The third-order valence-corrected chi connectivity index (χ3v) is 3.62. The quantitative estimate of drug-likeness (QED) is 0.613. The van der Waals surface area contributed by atoms with Gasteiger partial charge in [0.25, 0.3) is 0 Å². The van der Waals surface area contributed by atoms with Gasteiger partial charge in [-0.1, -0.05) is 6.92 Å². The number of hydrogen-bond acceptors (Lipinski definition) is 3. The molecule has 1 amide bonds. The summed E-state index contributed by atoms with van der Waals surface area (Å²) in [5.41, 5.74) is 4.94. The molecule has 98 valence electrons. The lowest BCUT2D eigenvalue weighted by Crippen LogP contribution is -2.42. The van der Waals surface area contributed by atoms with Gasteiger partial charge in [0, 0.05) is 19.0 Å². The molecule has 4 N–H and O–H groups in total. The van der Waals surface area contributed by atoms with Gasteiger partial charge in [0.15, 0.2) is 0 Å². The number of nitrogens with one attached hydrogen (secondary N) is 1. The summed E-state index contributed by atoms with van der Waals surface area (Å²) < 4.78 is 0. The molecule has 0 saturated heterocycles. The minimum absolute atomic E-state index is 0.0762. The highest BCUT2D eigenvalue weighted by atomic mass is 16.4. The van der Waals surface area contributed by atoms with Gasteiger partial charge in [-0.2, -0.15) is 0 Å². The minimum Gasteiger partial charge on any atom is -0.481 e. The Bertz CT molecular complexity index is 302. The van der Waals surface area contributed by atoms with Crippen LogP contribution >= 0.6 is 0 Å². The number of rotatable bonds is 7. The molecule has 0 aliphatic heterocycles. The van der Waals surface area contributed by atoms with Crippen molar-refractivity contribution < 1.29 is 14.7 Å². The standard InChI is InChI=1S/C12H22N2O3/c1-3-12(2,11(16)17)7-14-10(15)6-9(13)8-4-5-8/h8-9H,3-7,13H2,1-2H3,(H,14,15)(H,16,17). The van der Waals surface area contributed by atoms with E-state index >= 15 is 0 Å². The Morgan fingerprint density at radius 3 is 2.53 bits per heavy atom. The Hall–Kier alpha value is -1.10. The Balaban J connectivity index is 2.33. The molecular weight excluding hydrogens is 220 g/mol. The highest BCUT2D eigenvalue weighted by Gasteiger charge is 2.33. The summed E-state index contributed by atoms with van der Waals surface area (Å²) in [6.45, 7) is 3.60. The van der Waals surface area contributed by atoms with Crippen LogP contribution in [0.1, 0.15) is 39.5 Å². The molecule has 0 bridgehead atoms. The summed E-state index contributed by atoms with van der Waals surface area (Å²) in [7, 11) is 0. The second kappa shape index (κ2) is 5.49. The van der Waals surface area contributed by atoms with Gasteiger partial charge in [0.05, 0.1) is 5.41 Å². The number of carboxylic acid groups (broad SMARTS) is 1. The molecule has 0 aromatic carbocycles. The van der Waals surface area contributed by atoms with Crippen LogP contribution in [0.25, 0.3) is 0 Å². The molecule has 1 aliphatic rings. The first-order valence-corrected chi connectivity index (χ1v) is 6.14. The highest BCUT2D eigenvalue weighted by molar-refractivity contribution is 5.79. The molecule has 2 unspecified atom stereocenters. The summed E-state index contributed by atoms with van der Waals surface area (Å²) in [5.74, 6) is -0.546. The van der Waals surface area contributed by atoms with Crippen LogP contribution in [0.5, 0.6) is 0 Å². The van der Waals surface area contributed by atoms with Crippen molar-refractivity contribution in [3.05, 3.63) is 0 Å². The second-order valence-electron chi connectivity index (χ2n) is 5.20. The van der Waals surface area contributed by atoms with Crippen LogP contribution in [0.4, 0.5) is 0 Å². The van der Waals surface area contributed by atoms with Crippen LogP contribution < -0.4 is 11.1 Å². The van der Waals surface area contributed by atoms with Crippen molar-refractivity contribution in [3.8, 4) is 0 Å². The second-order valence-corrected chi connectivity index (χ2v) is 5.20. The summed E-state index contributed by atoms with van der Waals surface area (Å²) in [6.07, 6.45) is 2.99. The molecule has 1 rings (SSSR count). The fraction of sp³-hybridized carbons (Fsp3) is 0.833. The zero-order valence-corrected chi connectivity index (χ0v) is 10.5. The average molecular weight is 242 g/mol. The van der Waals surface area contributed by atoms with Crippen molar-refractivity contribution in [2.24, 2.45) is 17.1 Å². The minimum atomic E-state index is -0.890. The van der Waals surface area contributed by atoms with E-state index < -0.39 is 11.4 Å². The van der Waals surface area contributed by atoms with Crippen LogP contribution in [-0.4, -0.2) is 29.6 Å². The van der Waals surface area contributed by atoms with Gasteiger partial charge in [-0.25, -0.2) is 0 Å². The first-order valence-electron chi connectivity index (χ1n) is 6.14. The average Bonchev–Trinajstić information content (AvgIpc) is 3.09. The Labute approximate surface area is 102 Å². The first kappa shape index (κ1) is 14.0. The predicted molar refractivity (Wildman–Crippen MR) is 64.4 cm³/mol. The molecule has 5 heteroatoms. The number of carboxylic acids is 1. The number of aliphatic carboxylic acids is 1. The van der Waals surface area contributed by atoms with E-state index in [0.29, 0.717) is 18.8 Å². The molecule has 0 radical (unpaired) electrons. The van der Waals surface area contributed by atoms with Crippen molar-refractivity contribution in [2.75, 3.05) is 6.54 Å². The zero-order valence-electron chi connectivity index (χ0n) is 10.5. The number of carbonyl (C=O) groups excluding carboxylic acids is 1. The fourth-order valence-corrected chi connectivity index (χ4v) is 1.62. The van der Waals surface area contributed by atoms with Gasteiger partial charge in [-0.05, 0) is 32.1 Å². The molecule has 5 nitrogen and oxygen atoms in total. The van der Waals surface area contributed by atoms with E-state index in [-0.39, 0.29) is 18.5 Å². The van der Waals surface area contributed by atoms with Crippen molar-refractivity contribution in [1.29, 1.82) is 0 Å². The molecule has 0 aromatic rings. The summed E-state index contributed by atoms with van der Waals surface area (Å²) in [6, 6.07) is -0.0762. The van der Waals surface area contributed by atoms with Crippen LogP contribution in [-0.2, 0) is 9.59 Å². The van der Waals surface area contributed by atoms with Crippen LogP contribution in [0.15, 0.2) is 0 Å². The molecule has 0 heterocycles.